The Hall–Kier alpha value is -1.06. The quantitative estimate of drug-likeness (QED) is 0.0619. The molecule has 0 unspecified atom stereocenters. The summed E-state index contributed by atoms with van der Waals surface area (Å²) in [5, 5.41) is 8.49. The molecule has 0 atom stereocenters. The van der Waals surface area contributed by atoms with Crippen LogP contribution in [0.4, 0.5) is 0 Å². The summed E-state index contributed by atoms with van der Waals surface area (Å²) in [4.78, 5) is 21.8. The first-order valence-electron chi connectivity index (χ1n) is 18.8. The normalized spacial score (nSPS) is 11.0. The molecule has 1 N–H and O–H groups in total. The van der Waals surface area contributed by atoms with E-state index in [1.165, 1.54) is 161 Å². The van der Waals surface area contributed by atoms with Crippen LogP contribution in [0.25, 0.3) is 0 Å². The summed E-state index contributed by atoms with van der Waals surface area (Å²) in [6.45, 7) is 9.25. The fraction of sp³-hybridized carbons (Fsp3) is 0.947. The van der Waals surface area contributed by atoms with Gasteiger partial charge in [0.25, 0.3) is 0 Å². The van der Waals surface area contributed by atoms with Crippen LogP contribution < -0.4 is 0 Å². The number of esters is 1. The van der Waals surface area contributed by atoms with Crippen molar-refractivity contribution in [3.63, 3.8) is 0 Å². The van der Waals surface area contributed by atoms with Crippen molar-refractivity contribution in [2.75, 3.05) is 6.61 Å². The van der Waals surface area contributed by atoms with Gasteiger partial charge < -0.3 is 9.84 Å². The molecule has 4 heteroatoms. The fourth-order valence-electron chi connectivity index (χ4n) is 5.27. The number of hydrogen-bond acceptors (Lipinski definition) is 3. The number of unbranched alkanes of at least 4 members (excludes halogenated alkanes) is 26. The van der Waals surface area contributed by atoms with Crippen LogP contribution in [-0.2, 0) is 14.3 Å². The molecule has 0 aromatic carbocycles. The van der Waals surface area contributed by atoms with Gasteiger partial charge in [0.1, 0.15) is 0 Å². The van der Waals surface area contributed by atoms with Crippen LogP contribution in [0.2, 0.25) is 0 Å². The summed E-state index contributed by atoms with van der Waals surface area (Å²) >= 11 is 0. The van der Waals surface area contributed by atoms with Crippen LogP contribution in [0.3, 0.4) is 0 Å². The van der Waals surface area contributed by atoms with Crippen molar-refractivity contribution < 1.29 is 19.4 Å². The molecule has 0 aliphatic carbocycles. The standard InChI is InChI=1S/C22H44O2.C16H32O2/c1-4-5-6-7-8-9-10-11-12-13-14-15-16-17-18-19-22(23)24-20-21(2)3;1-2-3-4-5-6-7-8-9-10-11-12-13-14-15-16(17)18/h21H,4-20H2,1-3H3;2-15H2,1H3,(H,17,18). The minimum atomic E-state index is -0.655. The third-order valence-electron chi connectivity index (χ3n) is 8.06. The number of carboxylic acids is 1. The molecule has 0 heterocycles. The van der Waals surface area contributed by atoms with Gasteiger partial charge >= 0.3 is 11.9 Å². The van der Waals surface area contributed by atoms with Gasteiger partial charge in [-0.15, -0.1) is 0 Å². The van der Waals surface area contributed by atoms with Gasteiger partial charge in [0.2, 0.25) is 0 Å². The Morgan fingerprint density at radius 2 is 0.714 bits per heavy atom. The molecule has 0 aliphatic rings. The summed E-state index contributed by atoms with van der Waals surface area (Å²) in [5.41, 5.74) is 0. The Balaban J connectivity index is 0. The lowest BCUT2D eigenvalue weighted by Gasteiger charge is -2.07. The van der Waals surface area contributed by atoms with Crippen LogP contribution in [-0.4, -0.2) is 23.7 Å². The monoisotopic (exact) mass is 597 g/mol. The molecule has 0 bridgehead atoms. The molecule has 0 fully saturated rings. The van der Waals surface area contributed by atoms with E-state index in [0.717, 1.165) is 19.3 Å². The maximum absolute atomic E-state index is 11.5. The highest BCUT2D eigenvalue weighted by molar-refractivity contribution is 5.69. The van der Waals surface area contributed by atoms with Crippen molar-refractivity contribution in [2.45, 2.75) is 220 Å². The molecule has 0 amide bonds. The smallest absolute Gasteiger partial charge is 0.305 e. The lowest BCUT2D eigenvalue weighted by molar-refractivity contribution is -0.144. The SMILES string of the molecule is CCCCCCCCCCCCCCCC(=O)O.CCCCCCCCCCCCCCCCCC(=O)OCC(C)C. The van der Waals surface area contributed by atoms with Gasteiger partial charge in [-0.25, -0.2) is 0 Å². The van der Waals surface area contributed by atoms with E-state index in [4.69, 9.17) is 9.84 Å². The second-order valence-electron chi connectivity index (χ2n) is 13.2. The van der Waals surface area contributed by atoms with Crippen LogP contribution in [0.5, 0.6) is 0 Å². The summed E-state index contributed by atoms with van der Waals surface area (Å²) in [6, 6.07) is 0. The first kappa shape index (κ1) is 43.1. The highest BCUT2D eigenvalue weighted by Gasteiger charge is 2.04. The molecule has 0 aromatic rings. The third-order valence-corrected chi connectivity index (χ3v) is 8.06. The summed E-state index contributed by atoms with van der Waals surface area (Å²) in [5.74, 6) is -0.230. The second kappa shape index (κ2) is 38.0. The summed E-state index contributed by atoms with van der Waals surface area (Å²) in [6.07, 6.45) is 38.2. The molecule has 42 heavy (non-hydrogen) atoms. The minimum Gasteiger partial charge on any atom is -0.481 e. The number of carbonyl (C=O) groups is 2. The second-order valence-corrected chi connectivity index (χ2v) is 13.2. The highest BCUT2D eigenvalue weighted by Crippen LogP contribution is 2.15. The molecule has 0 saturated carbocycles. The number of carbonyl (C=O) groups excluding carboxylic acids is 1. The van der Waals surface area contributed by atoms with Gasteiger partial charge in [-0.05, 0) is 18.8 Å². The lowest BCUT2D eigenvalue weighted by atomic mass is 10.0. The lowest BCUT2D eigenvalue weighted by Crippen LogP contribution is -2.09. The topological polar surface area (TPSA) is 63.6 Å². The Kier molecular flexibility index (Phi) is 38.9. The first-order valence-corrected chi connectivity index (χ1v) is 18.8. The molecule has 4 nitrogen and oxygen atoms in total. The van der Waals surface area contributed by atoms with Crippen LogP contribution in [0.1, 0.15) is 220 Å². The predicted molar refractivity (Wildman–Crippen MR) is 183 cm³/mol. The van der Waals surface area contributed by atoms with Crippen molar-refractivity contribution in [1.29, 1.82) is 0 Å². The summed E-state index contributed by atoms with van der Waals surface area (Å²) in [7, 11) is 0. The van der Waals surface area contributed by atoms with Crippen molar-refractivity contribution >= 4 is 11.9 Å². The van der Waals surface area contributed by atoms with Crippen molar-refractivity contribution in [3.8, 4) is 0 Å². The molecule has 0 radical (unpaired) electrons. The Bertz CT molecular complexity index is 531. The van der Waals surface area contributed by atoms with Gasteiger partial charge in [-0.3, -0.25) is 9.59 Å². The Morgan fingerprint density at radius 3 is 0.976 bits per heavy atom. The van der Waals surface area contributed by atoms with E-state index >= 15 is 0 Å². The number of aliphatic carboxylic acids is 1. The van der Waals surface area contributed by atoms with E-state index in [1.54, 1.807) is 0 Å². The zero-order chi connectivity index (χ0) is 31.4. The highest BCUT2D eigenvalue weighted by atomic mass is 16.5. The van der Waals surface area contributed by atoms with Gasteiger partial charge in [-0.1, -0.05) is 195 Å². The average molecular weight is 597 g/mol. The number of carboxylic acid groups (broad SMARTS) is 1. The summed E-state index contributed by atoms with van der Waals surface area (Å²) < 4.78 is 5.18. The van der Waals surface area contributed by atoms with Crippen molar-refractivity contribution in [2.24, 2.45) is 5.92 Å². The minimum absolute atomic E-state index is 0.0154. The van der Waals surface area contributed by atoms with Crippen LogP contribution in [0, 0.1) is 5.92 Å². The molecule has 252 valence electrons. The van der Waals surface area contributed by atoms with E-state index < -0.39 is 5.97 Å². The molecule has 0 rings (SSSR count). The zero-order valence-electron chi connectivity index (χ0n) is 29.2. The maximum atomic E-state index is 11.5. The van der Waals surface area contributed by atoms with Gasteiger partial charge in [0, 0.05) is 12.8 Å². The van der Waals surface area contributed by atoms with Crippen LogP contribution >= 0.6 is 0 Å². The molecule has 0 spiro atoms. The molecule has 0 aromatic heterocycles. The molecular formula is C38H76O4. The third kappa shape index (κ3) is 43.4. The molecule has 0 saturated heterocycles. The van der Waals surface area contributed by atoms with Crippen molar-refractivity contribution in [3.05, 3.63) is 0 Å². The number of ether oxygens (including phenoxy) is 1. The molecular weight excluding hydrogens is 520 g/mol. The largest absolute Gasteiger partial charge is 0.481 e. The van der Waals surface area contributed by atoms with E-state index in [0.29, 0.717) is 25.4 Å². The van der Waals surface area contributed by atoms with Gasteiger partial charge in [0.15, 0.2) is 0 Å². The number of hydrogen-bond donors (Lipinski definition) is 1. The van der Waals surface area contributed by atoms with Gasteiger partial charge in [-0.2, -0.15) is 0 Å². The van der Waals surface area contributed by atoms with Crippen molar-refractivity contribution in [1.82, 2.24) is 0 Å². The maximum Gasteiger partial charge on any atom is 0.305 e. The van der Waals surface area contributed by atoms with Gasteiger partial charge in [0.05, 0.1) is 6.61 Å². The predicted octanol–water partition coefficient (Wildman–Crippen LogP) is 13.0. The Morgan fingerprint density at radius 1 is 0.452 bits per heavy atom. The van der Waals surface area contributed by atoms with Crippen LogP contribution in [0.15, 0.2) is 0 Å². The van der Waals surface area contributed by atoms with E-state index in [-0.39, 0.29) is 5.97 Å². The van der Waals surface area contributed by atoms with E-state index in [2.05, 4.69) is 27.7 Å². The number of rotatable bonds is 32. The first-order chi connectivity index (χ1) is 20.4. The zero-order valence-corrected chi connectivity index (χ0v) is 29.2. The molecule has 0 aliphatic heterocycles. The fourth-order valence-corrected chi connectivity index (χ4v) is 5.27. The van der Waals surface area contributed by atoms with E-state index in [1.807, 2.05) is 0 Å². The average Bonchev–Trinajstić information content (AvgIpc) is 2.96. The Labute approximate surface area is 263 Å². The van der Waals surface area contributed by atoms with E-state index in [9.17, 15) is 9.59 Å².